The van der Waals surface area contributed by atoms with E-state index in [-0.39, 0.29) is 11.8 Å². The van der Waals surface area contributed by atoms with Crippen LogP contribution in [0.15, 0.2) is 0 Å². The van der Waals surface area contributed by atoms with Crippen molar-refractivity contribution >= 4 is 11.8 Å². The number of nitrogens with zero attached hydrogens (tertiary/aromatic N) is 2. The molecule has 2 saturated heterocycles. The minimum atomic E-state index is -0.520. The summed E-state index contributed by atoms with van der Waals surface area (Å²) in [4.78, 5) is 27.4. The number of nitrogens with one attached hydrogen (secondary N) is 1. The third-order valence-electron chi connectivity index (χ3n) is 3.98. The van der Waals surface area contributed by atoms with E-state index in [4.69, 9.17) is 9.47 Å². The van der Waals surface area contributed by atoms with Gasteiger partial charge in [0.05, 0.1) is 32.9 Å². The minimum absolute atomic E-state index is 0.0237. The molecule has 1 spiro atoms. The Hall–Kier alpha value is -1.18. The molecule has 7 heteroatoms. The smallest absolute Gasteiger partial charge is 0.233 e. The van der Waals surface area contributed by atoms with Crippen LogP contribution in [0.3, 0.4) is 0 Å². The Labute approximate surface area is 125 Å². The molecule has 7 nitrogen and oxygen atoms in total. The first-order chi connectivity index (χ1) is 10.1. The van der Waals surface area contributed by atoms with Gasteiger partial charge in [0.2, 0.25) is 11.8 Å². The van der Waals surface area contributed by atoms with Crippen LogP contribution in [0.5, 0.6) is 0 Å². The van der Waals surface area contributed by atoms with Crippen molar-refractivity contribution in [2.75, 3.05) is 59.6 Å². The van der Waals surface area contributed by atoms with Crippen LogP contribution in [0.2, 0.25) is 0 Å². The summed E-state index contributed by atoms with van der Waals surface area (Å²) in [7, 11) is 1.63. The monoisotopic (exact) mass is 299 g/mol. The number of carbonyl (C=O) groups excluding carboxylic acids is 2. The molecule has 0 saturated carbocycles. The van der Waals surface area contributed by atoms with Crippen molar-refractivity contribution in [3.05, 3.63) is 0 Å². The third-order valence-corrected chi connectivity index (χ3v) is 3.98. The molecule has 120 valence electrons. The highest BCUT2D eigenvalue weighted by atomic mass is 16.5. The fourth-order valence-corrected chi connectivity index (χ4v) is 2.87. The quantitative estimate of drug-likeness (QED) is 0.729. The summed E-state index contributed by atoms with van der Waals surface area (Å²) in [6.45, 7) is 6.21. The minimum Gasteiger partial charge on any atom is -0.377 e. The van der Waals surface area contributed by atoms with Gasteiger partial charge in [-0.2, -0.15) is 0 Å². The maximum atomic E-state index is 11.9. The van der Waals surface area contributed by atoms with E-state index in [1.165, 1.54) is 0 Å². The molecule has 2 aliphatic heterocycles. The first-order valence-corrected chi connectivity index (χ1v) is 7.51. The summed E-state index contributed by atoms with van der Waals surface area (Å²) >= 11 is 0. The zero-order chi connectivity index (χ0) is 15.3. The van der Waals surface area contributed by atoms with Gasteiger partial charge in [0, 0.05) is 33.1 Å². The average molecular weight is 299 g/mol. The van der Waals surface area contributed by atoms with Crippen LogP contribution < -0.4 is 5.32 Å². The molecule has 0 aromatic rings. The van der Waals surface area contributed by atoms with Crippen molar-refractivity contribution < 1.29 is 19.1 Å². The van der Waals surface area contributed by atoms with Crippen molar-refractivity contribution in [1.29, 1.82) is 0 Å². The largest absolute Gasteiger partial charge is 0.377 e. The van der Waals surface area contributed by atoms with E-state index in [1.807, 2.05) is 16.7 Å². The van der Waals surface area contributed by atoms with Crippen LogP contribution >= 0.6 is 0 Å². The van der Waals surface area contributed by atoms with E-state index in [2.05, 4.69) is 5.32 Å². The number of morpholine rings is 1. The molecule has 0 aliphatic carbocycles. The van der Waals surface area contributed by atoms with Crippen LogP contribution in [0.1, 0.15) is 13.3 Å². The maximum Gasteiger partial charge on any atom is 0.233 e. The lowest BCUT2D eigenvalue weighted by molar-refractivity contribution is -0.161. The molecule has 0 aromatic heterocycles. The summed E-state index contributed by atoms with van der Waals surface area (Å²) in [6.07, 6.45) is 0.499. The Bertz CT molecular complexity index is 390. The highest BCUT2D eigenvalue weighted by Gasteiger charge is 2.41. The van der Waals surface area contributed by atoms with Crippen molar-refractivity contribution in [1.82, 2.24) is 15.1 Å². The van der Waals surface area contributed by atoms with Crippen LogP contribution in [0, 0.1) is 0 Å². The molecule has 0 bridgehead atoms. The molecule has 2 aliphatic rings. The van der Waals surface area contributed by atoms with Gasteiger partial charge < -0.3 is 19.7 Å². The van der Waals surface area contributed by atoms with Crippen LogP contribution in [0.25, 0.3) is 0 Å². The van der Waals surface area contributed by atoms with E-state index < -0.39 is 5.60 Å². The molecule has 1 N–H and O–H groups in total. The first kappa shape index (κ1) is 16.2. The fourth-order valence-electron chi connectivity index (χ4n) is 2.87. The second kappa shape index (κ2) is 7.20. The molecule has 2 amide bonds. The summed E-state index contributed by atoms with van der Waals surface area (Å²) < 4.78 is 11.6. The number of carbonyl (C=O) groups is 2. The lowest BCUT2D eigenvalue weighted by Gasteiger charge is -2.43. The zero-order valence-electron chi connectivity index (χ0n) is 12.9. The first-order valence-electron chi connectivity index (χ1n) is 7.51. The molecule has 0 aromatic carbocycles. The van der Waals surface area contributed by atoms with Gasteiger partial charge in [-0.1, -0.05) is 6.92 Å². The second-order valence-corrected chi connectivity index (χ2v) is 5.64. The Morgan fingerprint density at radius 2 is 2.05 bits per heavy atom. The SMILES string of the molecule is CCC(=O)N1CCO[C@@]2(COCCN(CC(=O)NC)C2)C1. The normalized spacial score (nSPS) is 27.4. The number of ether oxygens (including phenoxy) is 2. The Kier molecular flexibility index (Phi) is 5.55. The molecule has 0 radical (unpaired) electrons. The van der Waals surface area contributed by atoms with E-state index >= 15 is 0 Å². The van der Waals surface area contributed by atoms with Gasteiger partial charge in [0.25, 0.3) is 0 Å². The van der Waals surface area contributed by atoms with Crippen LogP contribution in [0.4, 0.5) is 0 Å². The lowest BCUT2D eigenvalue weighted by atomic mass is 10.0. The topological polar surface area (TPSA) is 71.1 Å². The molecule has 0 unspecified atom stereocenters. The van der Waals surface area contributed by atoms with Gasteiger partial charge in [-0.25, -0.2) is 0 Å². The van der Waals surface area contributed by atoms with Crippen LogP contribution in [-0.2, 0) is 19.1 Å². The predicted octanol–water partition coefficient (Wildman–Crippen LogP) is -0.928. The van der Waals surface area contributed by atoms with Gasteiger partial charge in [-0.3, -0.25) is 14.5 Å². The molecular weight excluding hydrogens is 274 g/mol. The van der Waals surface area contributed by atoms with Gasteiger partial charge in [-0.05, 0) is 0 Å². The standard InChI is InChI=1S/C14H25N3O4/c1-3-13(19)17-5-7-21-14(10-17)9-16(4-6-20-11-14)8-12(18)15-2/h3-11H2,1-2H3,(H,15,18)/t14-/m1/s1. The highest BCUT2D eigenvalue weighted by molar-refractivity contribution is 5.77. The van der Waals surface area contributed by atoms with E-state index in [9.17, 15) is 9.59 Å². The average Bonchev–Trinajstić information content (AvgIpc) is 2.68. The zero-order valence-corrected chi connectivity index (χ0v) is 12.9. The van der Waals surface area contributed by atoms with E-state index in [1.54, 1.807) is 7.05 Å². The number of amides is 2. The molecular formula is C14H25N3O4. The summed E-state index contributed by atoms with van der Waals surface area (Å²) in [5.41, 5.74) is -0.520. The summed E-state index contributed by atoms with van der Waals surface area (Å²) in [5.74, 6) is 0.115. The van der Waals surface area contributed by atoms with Crippen molar-refractivity contribution in [2.45, 2.75) is 18.9 Å². The Morgan fingerprint density at radius 3 is 2.76 bits per heavy atom. The van der Waals surface area contributed by atoms with Gasteiger partial charge in [0.1, 0.15) is 5.60 Å². The van der Waals surface area contributed by atoms with E-state index in [0.29, 0.717) is 59.0 Å². The van der Waals surface area contributed by atoms with Crippen LogP contribution in [-0.4, -0.2) is 86.8 Å². The molecule has 2 fully saturated rings. The number of hydrogen-bond acceptors (Lipinski definition) is 5. The number of hydrogen-bond donors (Lipinski definition) is 1. The lowest BCUT2D eigenvalue weighted by Crippen LogP contribution is -2.60. The van der Waals surface area contributed by atoms with Crippen molar-refractivity contribution in [3.8, 4) is 0 Å². The highest BCUT2D eigenvalue weighted by Crippen LogP contribution is 2.23. The number of likely N-dealkylation sites (N-methyl/N-ethyl adjacent to an activating group) is 1. The molecule has 21 heavy (non-hydrogen) atoms. The predicted molar refractivity (Wildman–Crippen MR) is 76.9 cm³/mol. The van der Waals surface area contributed by atoms with Gasteiger partial charge in [-0.15, -0.1) is 0 Å². The van der Waals surface area contributed by atoms with Gasteiger partial charge in [0.15, 0.2) is 0 Å². The fraction of sp³-hybridized carbons (Fsp3) is 0.857. The van der Waals surface area contributed by atoms with Crippen molar-refractivity contribution in [2.24, 2.45) is 0 Å². The molecule has 2 heterocycles. The second-order valence-electron chi connectivity index (χ2n) is 5.64. The molecule has 1 atom stereocenters. The third kappa shape index (κ3) is 4.15. The number of rotatable bonds is 3. The van der Waals surface area contributed by atoms with E-state index in [0.717, 1.165) is 0 Å². The summed E-state index contributed by atoms with van der Waals surface area (Å²) in [5, 5.41) is 2.63. The molecule has 2 rings (SSSR count). The van der Waals surface area contributed by atoms with Crippen molar-refractivity contribution in [3.63, 3.8) is 0 Å². The Balaban J connectivity index is 2.04. The summed E-state index contributed by atoms with van der Waals surface area (Å²) in [6, 6.07) is 0. The van der Waals surface area contributed by atoms with Gasteiger partial charge >= 0.3 is 0 Å². The Morgan fingerprint density at radius 1 is 1.24 bits per heavy atom. The maximum absolute atomic E-state index is 11.9.